The quantitative estimate of drug-likeness (QED) is 0.741. The van der Waals surface area contributed by atoms with Gasteiger partial charge in [0.05, 0.1) is 19.6 Å². The van der Waals surface area contributed by atoms with E-state index in [1.54, 1.807) is 44.6 Å². The molecule has 4 nitrogen and oxygen atoms in total. The minimum absolute atomic E-state index is 0.190. The molecule has 0 unspecified atom stereocenters. The predicted octanol–water partition coefficient (Wildman–Crippen LogP) is 3.62. The summed E-state index contributed by atoms with van der Waals surface area (Å²) >= 11 is 0. The van der Waals surface area contributed by atoms with Gasteiger partial charge in [0.1, 0.15) is 23.3 Å². The Hall–Kier alpha value is -2.82. The maximum atomic E-state index is 13.4. The predicted molar refractivity (Wildman–Crippen MR) is 81.0 cm³/mol. The molecular weight excluding hydrogens is 287 g/mol. The fourth-order valence-electron chi connectivity index (χ4n) is 2.31. The summed E-state index contributed by atoms with van der Waals surface area (Å²) in [6.07, 6.45) is 0.818. The van der Waals surface area contributed by atoms with E-state index < -0.39 is 11.2 Å². The molecule has 0 saturated heterocycles. The van der Waals surface area contributed by atoms with E-state index in [0.29, 0.717) is 17.1 Å². The topological polar surface area (TPSA) is 48.7 Å². The second kappa shape index (κ2) is 5.52. The lowest BCUT2D eigenvalue weighted by Crippen LogP contribution is -2.05. The van der Waals surface area contributed by atoms with Crippen LogP contribution in [0.4, 0.5) is 4.39 Å². The Morgan fingerprint density at radius 2 is 1.86 bits per heavy atom. The van der Waals surface area contributed by atoms with E-state index in [-0.39, 0.29) is 5.39 Å². The molecule has 1 aromatic heterocycles. The van der Waals surface area contributed by atoms with Crippen molar-refractivity contribution >= 4 is 11.0 Å². The number of methoxy groups -OCH3 is 2. The molecule has 0 atom stereocenters. The molecule has 2 aromatic carbocycles. The highest BCUT2D eigenvalue weighted by Gasteiger charge is 2.11. The molecule has 0 amide bonds. The number of benzene rings is 2. The molecule has 0 saturated carbocycles. The minimum atomic E-state index is -0.911. The van der Waals surface area contributed by atoms with Gasteiger partial charge in [-0.25, -0.2) is 0 Å². The van der Waals surface area contributed by atoms with Gasteiger partial charge in [-0.15, -0.1) is 0 Å². The van der Waals surface area contributed by atoms with E-state index in [1.807, 2.05) is 6.07 Å². The summed E-state index contributed by atoms with van der Waals surface area (Å²) in [5.74, 6) is 0.345. The third-order valence-corrected chi connectivity index (χ3v) is 3.45. The van der Waals surface area contributed by atoms with E-state index in [1.165, 1.54) is 0 Å². The fraction of sp³-hybridized carbons (Fsp3) is 0.118. The summed E-state index contributed by atoms with van der Waals surface area (Å²) in [7, 11) is 3.12. The molecule has 0 bridgehead atoms. The highest BCUT2D eigenvalue weighted by Crippen LogP contribution is 2.34. The summed E-state index contributed by atoms with van der Waals surface area (Å²) in [5, 5.41) is 0.190. The maximum absolute atomic E-state index is 13.4. The normalized spacial score (nSPS) is 10.7. The molecule has 0 spiro atoms. The van der Waals surface area contributed by atoms with Crippen molar-refractivity contribution in [2.24, 2.45) is 0 Å². The van der Waals surface area contributed by atoms with E-state index in [2.05, 4.69) is 0 Å². The Balaban J connectivity index is 2.22. The number of fused-ring (bicyclic) bond motifs is 1. The lowest BCUT2D eigenvalue weighted by atomic mass is 10.0. The molecule has 1 heterocycles. The number of ether oxygens (including phenoxy) is 2. The standard InChI is InChI=1S/C17H13FO4/c1-20-11-4-5-12(16(8-11)21-2)10-3-6-15-13(7-10)17(19)14(18)9-22-15/h3-9H,1-2H3. The van der Waals surface area contributed by atoms with Crippen molar-refractivity contribution in [2.75, 3.05) is 14.2 Å². The summed E-state index contributed by atoms with van der Waals surface area (Å²) in [6, 6.07) is 10.4. The second-order valence-corrected chi connectivity index (χ2v) is 4.69. The first kappa shape index (κ1) is 14.1. The van der Waals surface area contributed by atoms with Gasteiger partial charge in [-0.05, 0) is 29.8 Å². The molecule has 0 aliphatic heterocycles. The second-order valence-electron chi connectivity index (χ2n) is 4.69. The van der Waals surface area contributed by atoms with Crippen molar-refractivity contribution in [2.45, 2.75) is 0 Å². The van der Waals surface area contributed by atoms with Gasteiger partial charge in [-0.1, -0.05) is 6.07 Å². The van der Waals surface area contributed by atoms with Crippen molar-refractivity contribution in [1.82, 2.24) is 0 Å². The van der Waals surface area contributed by atoms with Crippen LogP contribution in [0.2, 0.25) is 0 Å². The van der Waals surface area contributed by atoms with Gasteiger partial charge in [0, 0.05) is 11.6 Å². The molecule has 5 heteroatoms. The first-order chi connectivity index (χ1) is 10.6. The van der Waals surface area contributed by atoms with Gasteiger partial charge >= 0.3 is 0 Å². The van der Waals surface area contributed by atoms with Crippen LogP contribution < -0.4 is 14.9 Å². The number of hydrogen-bond acceptors (Lipinski definition) is 4. The van der Waals surface area contributed by atoms with Crippen LogP contribution in [-0.2, 0) is 0 Å². The van der Waals surface area contributed by atoms with Gasteiger partial charge in [0.2, 0.25) is 11.2 Å². The van der Waals surface area contributed by atoms with Crippen molar-refractivity contribution in [1.29, 1.82) is 0 Å². The molecule has 112 valence electrons. The number of halogens is 1. The van der Waals surface area contributed by atoms with Crippen molar-refractivity contribution in [3.05, 3.63) is 58.7 Å². The minimum Gasteiger partial charge on any atom is -0.497 e. The SMILES string of the molecule is COc1ccc(-c2ccc3occ(F)c(=O)c3c2)c(OC)c1. The summed E-state index contributed by atoms with van der Waals surface area (Å²) in [6.45, 7) is 0. The Morgan fingerprint density at radius 3 is 2.59 bits per heavy atom. The van der Waals surface area contributed by atoms with Gasteiger partial charge in [0.15, 0.2) is 0 Å². The average molecular weight is 300 g/mol. The Labute approximate surface area is 125 Å². The highest BCUT2D eigenvalue weighted by atomic mass is 19.1. The van der Waals surface area contributed by atoms with Gasteiger partial charge < -0.3 is 13.9 Å². The van der Waals surface area contributed by atoms with Crippen LogP contribution in [0.25, 0.3) is 22.1 Å². The maximum Gasteiger partial charge on any atom is 0.228 e. The average Bonchev–Trinajstić information content (AvgIpc) is 2.57. The first-order valence-corrected chi connectivity index (χ1v) is 6.57. The number of hydrogen-bond donors (Lipinski definition) is 0. The summed E-state index contributed by atoms with van der Waals surface area (Å²) < 4.78 is 29.0. The Morgan fingerprint density at radius 1 is 1.05 bits per heavy atom. The van der Waals surface area contributed by atoms with Crippen LogP contribution in [0.1, 0.15) is 0 Å². The van der Waals surface area contributed by atoms with Gasteiger partial charge in [-0.3, -0.25) is 4.79 Å². The molecule has 22 heavy (non-hydrogen) atoms. The van der Waals surface area contributed by atoms with Crippen LogP contribution >= 0.6 is 0 Å². The summed E-state index contributed by atoms with van der Waals surface area (Å²) in [5.41, 5.74) is 1.15. The Bertz CT molecular complexity index is 899. The lowest BCUT2D eigenvalue weighted by molar-refractivity contribution is 0.395. The molecule has 0 radical (unpaired) electrons. The fourth-order valence-corrected chi connectivity index (χ4v) is 2.31. The van der Waals surface area contributed by atoms with E-state index in [0.717, 1.165) is 17.4 Å². The number of rotatable bonds is 3. The highest BCUT2D eigenvalue weighted by molar-refractivity contribution is 5.84. The Kier molecular flexibility index (Phi) is 3.55. The van der Waals surface area contributed by atoms with Crippen LogP contribution in [-0.4, -0.2) is 14.2 Å². The van der Waals surface area contributed by atoms with E-state index >= 15 is 0 Å². The molecule has 0 aliphatic carbocycles. The molecule has 0 fully saturated rings. The van der Waals surface area contributed by atoms with E-state index in [9.17, 15) is 9.18 Å². The zero-order chi connectivity index (χ0) is 15.7. The monoisotopic (exact) mass is 300 g/mol. The van der Waals surface area contributed by atoms with Crippen molar-refractivity contribution in [3.63, 3.8) is 0 Å². The zero-order valence-electron chi connectivity index (χ0n) is 12.1. The third kappa shape index (κ3) is 2.30. The molecule has 3 rings (SSSR count). The summed E-state index contributed by atoms with van der Waals surface area (Å²) in [4.78, 5) is 11.9. The van der Waals surface area contributed by atoms with Gasteiger partial charge in [-0.2, -0.15) is 4.39 Å². The molecule has 3 aromatic rings. The molecule has 0 aliphatic rings. The van der Waals surface area contributed by atoms with Crippen LogP contribution in [0, 0.1) is 5.82 Å². The van der Waals surface area contributed by atoms with Crippen molar-refractivity contribution in [3.8, 4) is 22.6 Å². The van der Waals surface area contributed by atoms with E-state index in [4.69, 9.17) is 13.9 Å². The zero-order valence-corrected chi connectivity index (χ0v) is 12.1. The smallest absolute Gasteiger partial charge is 0.228 e. The van der Waals surface area contributed by atoms with Crippen LogP contribution in [0.15, 0.2) is 51.9 Å². The van der Waals surface area contributed by atoms with Crippen LogP contribution in [0.5, 0.6) is 11.5 Å². The third-order valence-electron chi connectivity index (χ3n) is 3.45. The largest absolute Gasteiger partial charge is 0.497 e. The van der Waals surface area contributed by atoms with Gasteiger partial charge in [0.25, 0.3) is 0 Å². The molecule has 0 N–H and O–H groups in total. The van der Waals surface area contributed by atoms with Crippen LogP contribution in [0.3, 0.4) is 0 Å². The first-order valence-electron chi connectivity index (χ1n) is 6.57. The lowest BCUT2D eigenvalue weighted by Gasteiger charge is -2.11. The molecular formula is C17H13FO4. The van der Waals surface area contributed by atoms with Crippen molar-refractivity contribution < 1.29 is 18.3 Å².